The van der Waals surface area contributed by atoms with Gasteiger partial charge in [-0.3, -0.25) is 22.7 Å². The summed E-state index contributed by atoms with van der Waals surface area (Å²) in [5.41, 5.74) is 12.8. The molecule has 45 heavy (non-hydrogen) atoms. The number of aromatic nitrogens is 8. The lowest BCUT2D eigenvalue weighted by Crippen LogP contribution is -2.36. The molecule has 1 unspecified atom stereocenters. The first-order valence-corrected chi connectivity index (χ1v) is 18.5. The number of aliphatic hydroxyl groups is 1. The van der Waals surface area contributed by atoms with E-state index in [1.54, 1.807) is 6.92 Å². The highest BCUT2D eigenvalue weighted by atomic mass is 32.7. The predicted molar refractivity (Wildman–Crippen MR) is 160 cm³/mol. The number of hydrogen-bond acceptors (Lipinski definition) is 16. The number of fused-ring (bicyclic) bond motifs is 2. The van der Waals surface area contributed by atoms with Crippen molar-refractivity contribution in [2.24, 2.45) is 5.92 Å². The molecule has 6 rings (SSSR count). The number of ether oxygens (including phenoxy) is 2. The molecule has 0 radical (unpaired) electrons. The Balaban J connectivity index is 1.17. The van der Waals surface area contributed by atoms with Gasteiger partial charge in [-0.1, -0.05) is 31.4 Å². The standard InChI is InChI=1S/C21H27FN10O9P2S2/c1-8-11(22)9(39-20(8)31-6-29-12-16(23)25-4-27-18(12)31)2-38-43(36,45)41-15-10(3-37-42(34,35)44)40-21(14(15)33)32-7-30-13-17(24)26-5-28-19(13)32/h4-11,14-15,20-21,33H,2-3H2,1H3,(H,36,45)(H2,23,25,27)(H2,24,26,28)(H2,34,35,44)/t8-,9-,10-,11-,14-,15-,20-,21-,43?/m1/s1. The highest BCUT2D eigenvalue weighted by Gasteiger charge is 2.50. The summed E-state index contributed by atoms with van der Waals surface area (Å²) in [7, 11) is 0. The number of halogens is 1. The van der Waals surface area contributed by atoms with E-state index in [0.29, 0.717) is 11.2 Å². The van der Waals surface area contributed by atoms with E-state index in [9.17, 15) is 19.1 Å². The van der Waals surface area contributed by atoms with Crippen molar-refractivity contribution in [3.63, 3.8) is 0 Å². The zero-order valence-corrected chi connectivity index (χ0v) is 26.6. The Kier molecular flexibility index (Phi) is 8.85. The fourth-order valence-electron chi connectivity index (χ4n) is 5.17. The summed E-state index contributed by atoms with van der Waals surface area (Å²) in [6, 6.07) is 0. The fourth-order valence-corrected chi connectivity index (χ4v) is 7.20. The molecule has 10 atom stereocenters. The van der Waals surface area contributed by atoms with Gasteiger partial charge in [0.1, 0.15) is 60.5 Å². The lowest BCUT2D eigenvalue weighted by Gasteiger charge is -2.25. The van der Waals surface area contributed by atoms with E-state index in [-0.39, 0.29) is 22.8 Å². The molecule has 6 heterocycles. The quantitative estimate of drug-likeness (QED) is 0.101. The van der Waals surface area contributed by atoms with Crippen LogP contribution in [0.1, 0.15) is 19.4 Å². The van der Waals surface area contributed by atoms with E-state index < -0.39 is 75.8 Å². The van der Waals surface area contributed by atoms with E-state index in [1.807, 2.05) is 0 Å². The third kappa shape index (κ3) is 6.41. The molecule has 19 nitrogen and oxygen atoms in total. The molecule has 4 aromatic rings. The number of rotatable bonds is 10. The van der Waals surface area contributed by atoms with E-state index in [4.69, 9.17) is 34.5 Å². The van der Waals surface area contributed by atoms with Crippen molar-refractivity contribution in [2.75, 3.05) is 24.7 Å². The highest BCUT2D eigenvalue weighted by molar-refractivity contribution is 8.44. The third-order valence-electron chi connectivity index (χ3n) is 7.32. The molecule has 24 heteroatoms. The van der Waals surface area contributed by atoms with Crippen molar-refractivity contribution in [1.82, 2.24) is 39.0 Å². The average molecular weight is 709 g/mol. The molecule has 0 aliphatic carbocycles. The Morgan fingerprint density at radius 3 is 2.02 bits per heavy atom. The molecule has 0 bridgehead atoms. The molecule has 6 N–H and O–H groups in total. The topological polar surface area (TPSA) is 260 Å². The van der Waals surface area contributed by atoms with Crippen LogP contribution in [-0.2, 0) is 32.2 Å². The molecular formula is C21H27FN10O9P2S2. The van der Waals surface area contributed by atoms with Gasteiger partial charge in [-0.05, 0) is 0 Å². The Morgan fingerprint density at radius 2 is 1.44 bits per heavy atom. The minimum absolute atomic E-state index is 0.0685. The van der Waals surface area contributed by atoms with E-state index in [1.165, 1.54) is 34.4 Å². The van der Waals surface area contributed by atoms with Crippen LogP contribution in [0.3, 0.4) is 0 Å². The highest BCUT2D eigenvalue weighted by Crippen LogP contribution is 2.57. The van der Waals surface area contributed by atoms with Crippen molar-refractivity contribution >= 4 is 72.1 Å². The summed E-state index contributed by atoms with van der Waals surface area (Å²) in [5, 5.41) is 11.2. The van der Waals surface area contributed by atoms with Gasteiger partial charge in [0.2, 0.25) is 0 Å². The number of anilines is 2. The van der Waals surface area contributed by atoms with Crippen LogP contribution in [0, 0.1) is 5.92 Å². The molecular weight excluding hydrogens is 681 g/mol. The number of thiol groups is 2. The van der Waals surface area contributed by atoms with Gasteiger partial charge in [-0.25, -0.2) is 43.4 Å². The van der Waals surface area contributed by atoms with Gasteiger partial charge in [0.25, 0.3) is 0 Å². The first-order chi connectivity index (χ1) is 21.2. The van der Waals surface area contributed by atoms with Crippen LogP contribution < -0.4 is 11.5 Å². The van der Waals surface area contributed by atoms with Crippen molar-refractivity contribution in [3.05, 3.63) is 25.3 Å². The summed E-state index contributed by atoms with van der Waals surface area (Å²) in [6.07, 6.45) is -4.23. The van der Waals surface area contributed by atoms with Crippen molar-refractivity contribution in [1.29, 1.82) is 0 Å². The summed E-state index contributed by atoms with van der Waals surface area (Å²) in [4.78, 5) is 33.9. The largest absolute Gasteiger partial charge is 0.386 e. The lowest BCUT2D eigenvalue weighted by molar-refractivity contribution is -0.0481. The normalized spacial score (nSPS) is 31.4. The Morgan fingerprint density at radius 1 is 0.911 bits per heavy atom. The molecule has 244 valence electrons. The molecule has 4 aromatic heterocycles. The fraction of sp³-hybridized carbons (Fsp3) is 0.524. The Bertz CT molecular complexity index is 1820. The molecule has 2 aliphatic heterocycles. The molecule has 2 aliphatic rings. The predicted octanol–water partition coefficient (Wildman–Crippen LogP) is 1.45. The number of hydrogen-bond donors (Lipinski definition) is 6. The molecule has 0 aromatic carbocycles. The zero-order chi connectivity index (χ0) is 32.3. The van der Waals surface area contributed by atoms with Crippen LogP contribution in [0.4, 0.5) is 16.0 Å². The molecule has 0 amide bonds. The van der Waals surface area contributed by atoms with E-state index in [2.05, 4.69) is 54.4 Å². The van der Waals surface area contributed by atoms with E-state index in [0.717, 1.165) is 0 Å². The van der Waals surface area contributed by atoms with Crippen LogP contribution in [0.15, 0.2) is 25.3 Å². The van der Waals surface area contributed by atoms with Crippen molar-refractivity contribution < 1.29 is 46.6 Å². The first-order valence-electron chi connectivity index (χ1n) is 13.1. The number of nitrogen functional groups attached to an aromatic ring is 2. The van der Waals surface area contributed by atoms with Crippen molar-refractivity contribution in [3.8, 4) is 0 Å². The van der Waals surface area contributed by atoms with Crippen LogP contribution in [0.2, 0.25) is 0 Å². The maximum Gasteiger partial charge on any atom is 0.386 e. The Hall–Kier alpha value is -2.49. The van der Waals surface area contributed by atoms with E-state index >= 15 is 4.39 Å². The number of alkyl halides is 1. The monoisotopic (exact) mass is 708 g/mol. The molecule has 2 fully saturated rings. The first kappa shape index (κ1) is 32.5. The summed E-state index contributed by atoms with van der Waals surface area (Å²) >= 11 is 7.50. The number of imidazole rings is 2. The maximum absolute atomic E-state index is 15.4. The second kappa shape index (κ2) is 12.3. The number of nitrogens with two attached hydrogens (primary N) is 2. The molecule has 0 saturated carbocycles. The van der Waals surface area contributed by atoms with Crippen LogP contribution >= 0.6 is 38.1 Å². The van der Waals surface area contributed by atoms with Gasteiger partial charge in [0.15, 0.2) is 29.2 Å². The van der Waals surface area contributed by atoms with Crippen LogP contribution in [0.5, 0.6) is 0 Å². The van der Waals surface area contributed by atoms with Gasteiger partial charge in [0.05, 0.1) is 25.9 Å². The SMILES string of the molecule is C[C@@H]1[C@@H](F)[C@@H](COP(=O)(S)O[C@H]2[C@@H](O)[C@H](n3cnc4c(N)ncnc43)O[C@@H]2CO[P@](=O)(O)S)O[C@H]1n1cnc2c(N)ncnc21. The zero-order valence-electron chi connectivity index (χ0n) is 23.0. The average Bonchev–Trinajstić information content (AvgIpc) is 3.73. The Labute approximate surface area is 263 Å². The van der Waals surface area contributed by atoms with Crippen LogP contribution in [0.25, 0.3) is 22.3 Å². The number of nitrogens with zero attached hydrogens (tertiary/aromatic N) is 8. The maximum atomic E-state index is 15.4. The van der Waals surface area contributed by atoms with Crippen molar-refractivity contribution in [2.45, 2.75) is 50.0 Å². The minimum atomic E-state index is -4.39. The lowest BCUT2D eigenvalue weighted by atomic mass is 10.0. The number of aliphatic hydroxyl groups excluding tert-OH is 1. The second-order valence-electron chi connectivity index (χ2n) is 10.2. The van der Waals surface area contributed by atoms with Gasteiger partial charge in [0, 0.05) is 5.92 Å². The summed E-state index contributed by atoms with van der Waals surface area (Å²) in [5.74, 6) is -0.495. The summed E-state index contributed by atoms with van der Waals surface area (Å²) in [6.45, 7) is -8.27. The third-order valence-corrected chi connectivity index (χ3v) is 9.76. The smallest absolute Gasteiger partial charge is 0.386 e. The van der Waals surface area contributed by atoms with Gasteiger partial charge in [-0.2, -0.15) is 0 Å². The second-order valence-corrected chi connectivity index (χ2v) is 15.8. The van der Waals surface area contributed by atoms with Gasteiger partial charge < -0.3 is 30.9 Å². The minimum Gasteiger partial charge on any atom is -0.386 e. The summed E-state index contributed by atoms with van der Waals surface area (Å²) < 4.78 is 70.9. The molecule has 0 spiro atoms. The molecule has 2 saturated heterocycles. The van der Waals surface area contributed by atoms with Gasteiger partial charge >= 0.3 is 13.6 Å². The van der Waals surface area contributed by atoms with Crippen LogP contribution in [-0.4, -0.2) is 92.8 Å². The van der Waals surface area contributed by atoms with Gasteiger partial charge in [-0.15, -0.1) is 0 Å².